The summed E-state index contributed by atoms with van der Waals surface area (Å²) in [6.07, 6.45) is 7.87. The van der Waals surface area contributed by atoms with E-state index in [1.807, 2.05) is 34.6 Å². The van der Waals surface area contributed by atoms with E-state index in [9.17, 15) is 18.7 Å². The molecule has 4 heterocycles. The Hall–Kier alpha value is -2.44. The van der Waals surface area contributed by atoms with Crippen LogP contribution in [0, 0.1) is 12.8 Å². The van der Waals surface area contributed by atoms with Crippen LogP contribution in [0.1, 0.15) is 36.2 Å². The Labute approximate surface area is 261 Å². The number of hydrogen-bond donors (Lipinski definition) is 1. The summed E-state index contributed by atoms with van der Waals surface area (Å²) in [4.78, 5) is 27.1. The number of alkyl halides is 2. The van der Waals surface area contributed by atoms with Gasteiger partial charge in [-0.3, -0.25) is 4.79 Å². The van der Waals surface area contributed by atoms with Gasteiger partial charge in [-0.2, -0.15) is 8.78 Å². The van der Waals surface area contributed by atoms with Crippen molar-refractivity contribution in [2.24, 2.45) is 5.92 Å². The quantitative estimate of drug-likeness (QED) is 0.339. The summed E-state index contributed by atoms with van der Waals surface area (Å²) < 4.78 is 32.5. The summed E-state index contributed by atoms with van der Waals surface area (Å²) in [5.41, 5.74) is 4.78. The van der Waals surface area contributed by atoms with Gasteiger partial charge in [0.2, 0.25) is 5.95 Å². The molecular weight excluding hydrogens is 519 g/mol. The molecule has 1 unspecified atom stereocenters. The number of rotatable bonds is 7. The molecule has 1 fully saturated rings. The van der Waals surface area contributed by atoms with Gasteiger partial charge in [0.15, 0.2) is 0 Å². The maximum Gasteiger partial charge on any atom is 0.387 e. The summed E-state index contributed by atoms with van der Waals surface area (Å²) >= 11 is 0. The number of nitrogens with zero attached hydrogens (tertiary/aromatic N) is 5. The van der Waals surface area contributed by atoms with Crippen LogP contribution in [0.15, 0.2) is 55.0 Å². The number of carboxylic acid groups (broad SMARTS) is 1. The number of halogens is 2. The van der Waals surface area contributed by atoms with Crippen LogP contribution in [0.3, 0.4) is 0 Å². The summed E-state index contributed by atoms with van der Waals surface area (Å²) in [6.45, 7) is 0.333. The zero-order valence-corrected chi connectivity index (χ0v) is 24.5. The Morgan fingerprint density at radius 3 is 2.61 bits per heavy atom. The van der Waals surface area contributed by atoms with Crippen molar-refractivity contribution < 1.29 is 23.4 Å². The normalized spacial score (nSPS) is 15.8. The van der Waals surface area contributed by atoms with Gasteiger partial charge in [0.1, 0.15) is 11.4 Å². The fraction of sp³-hybridized carbons (Fsp3) is 0.333. The minimum atomic E-state index is -2.90. The first-order valence-corrected chi connectivity index (χ1v) is 12.2. The van der Waals surface area contributed by atoms with Crippen molar-refractivity contribution in [3.05, 3.63) is 71.9 Å². The number of fused-ring (bicyclic) bond motifs is 1. The first-order chi connectivity index (χ1) is 17.9. The molecule has 1 aliphatic heterocycles. The van der Waals surface area contributed by atoms with Crippen LogP contribution in [0.5, 0.6) is 5.75 Å². The monoisotopic (exact) mass is 546 g/mol. The number of carboxylic acids is 1. The fourth-order valence-electron chi connectivity index (χ4n) is 4.81. The Bertz CT molecular complexity index is 1410. The van der Waals surface area contributed by atoms with Crippen molar-refractivity contribution in [1.29, 1.82) is 0 Å². The van der Waals surface area contributed by atoms with E-state index in [0.717, 1.165) is 41.1 Å². The molecule has 0 aliphatic carbocycles. The van der Waals surface area contributed by atoms with Gasteiger partial charge in [-0.25, -0.2) is 15.0 Å². The molecule has 1 radical (unpaired) electrons. The van der Waals surface area contributed by atoms with Crippen molar-refractivity contribution in [1.82, 2.24) is 19.4 Å². The van der Waals surface area contributed by atoms with Gasteiger partial charge in [-0.05, 0) is 44.4 Å². The van der Waals surface area contributed by atoms with Crippen molar-refractivity contribution in [3.63, 3.8) is 0 Å². The van der Waals surface area contributed by atoms with Gasteiger partial charge in [-0.15, -0.1) is 0 Å². The molecule has 4 aromatic rings. The topological polar surface area (TPSA) is 92.9 Å². The van der Waals surface area contributed by atoms with Gasteiger partial charge in [0, 0.05) is 112 Å². The maximum absolute atomic E-state index is 12.9. The summed E-state index contributed by atoms with van der Waals surface area (Å²) in [5.74, 6) is -0.328. The first kappa shape index (κ1) is 28.6. The molecule has 1 N–H and O–H groups in total. The number of hydrogen-bond acceptors (Lipinski definition) is 6. The molecule has 0 amide bonds. The third kappa shape index (κ3) is 6.40. The van der Waals surface area contributed by atoms with Crippen LogP contribution in [-0.4, -0.2) is 102 Å². The molecule has 8 nitrogen and oxygen atoms in total. The van der Waals surface area contributed by atoms with E-state index in [2.05, 4.69) is 15.0 Å². The molecule has 1 saturated heterocycles. The summed E-state index contributed by atoms with van der Waals surface area (Å²) in [7, 11) is 0. The standard InChI is InChI=1S/C27H27F2N5O3.K/c1-17-22(13-19-5-2-3-7-23(19)37-26(28)29)34-16-20(8-9-24(34)32-17)21-14-30-27(31-15-21)33-11-4-6-18(10-12-33)25(35)36;/h2-3,5,7-9,14-16,18,26H,4,6,10-13H2,1H3,(H,35,36);. The summed E-state index contributed by atoms with van der Waals surface area (Å²) in [6, 6.07) is 10.6. The van der Waals surface area contributed by atoms with Crippen LogP contribution in [-0.2, 0) is 11.2 Å². The number of carbonyl (C=O) groups is 1. The third-order valence-corrected chi connectivity index (χ3v) is 6.80. The second-order valence-electron chi connectivity index (χ2n) is 9.18. The van der Waals surface area contributed by atoms with E-state index in [4.69, 9.17) is 4.74 Å². The number of benzene rings is 1. The van der Waals surface area contributed by atoms with Crippen LogP contribution in [0.4, 0.5) is 14.7 Å². The number of para-hydroxylation sites is 1. The molecule has 0 bridgehead atoms. The minimum absolute atomic E-state index is 0. The Balaban J connectivity index is 0.00000336. The number of anilines is 1. The van der Waals surface area contributed by atoms with E-state index >= 15 is 0 Å². The maximum atomic E-state index is 12.9. The molecular formula is C27H27F2KN5O3. The largest absolute Gasteiger partial charge is 0.481 e. The second kappa shape index (κ2) is 12.6. The summed E-state index contributed by atoms with van der Waals surface area (Å²) in [5, 5.41) is 9.32. The number of pyridine rings is 1. The molecule has 193 valence electrons. The van der Waals surface area contributed by atoms with Gasteiger partial charge in [-0.1, -0.05) is 18.2 Å². The van der Waals surface area contributed by atoms with E-state index in [1.54, 1.807) is 30.6 Å². The molecule has 1 aromatic carbocycles. The van der Waals surface area contributed by atoms with Crippen LogP contribution >= 0.6 is 0 Å². The van der Waals surface area contributed by atoms with Crippen LogP contribution in [0.2, 0.25) is 0 Å². The molecule has 1 atom stereocenters. The van der Waals surface area contributed by atoms with Crippen LogP contribution < -0.4 is 9.64 Å². The number of aryl methyl sites for hydroxylation is 1. The molecule has 0 spiro atoms. The number of aliphatic carboxylic acids is 1. The number of imidazole rings is 1. The third-order valence-electron chi connectivity index (χ3n) is 6.80. The van der Waals surface area contributed by atoms with Gasteiger partial charge in [0.25, 0.3) is 0 Å². The zero-order valence-electron chi connectivity index (χ0n) is 21.3. The zero-order chi connectivity index (χ0) is 25.9. The molecule has 11 heteroatoms. The molecule has 3 aromatic heterocycles. The van der Waals surface area contributed by atoms with Crippen molar-refractivity contribution >= 4 is 68.9 Å². The van der Waals surface area contributed by atoms with Gasteiger partial charge in [0.05, 0.1) is 11.6 Å². The predicted octanol–water partition coefficient (Wildman–Crippen LogP) is 4.60. The first-order valence-electron chi connectivity index (χ1n) is 12.2. The Morgan fingerprint density at radius 2 is 1.87 bits per heavy atom. The van der Waals surface area contributed by atoms with Gasteiger partial charge >= 0.3 is 12.6 Å². The second-order valence-corrected chi connectivity index (χ2v) is 9.18. The Morgan fingerprint density at radius 1 is 1.11 bits per heavy atom. The van der Waals surface area contributed by atoms with Crippen molar-refractivity contribution in [2.75, 3.05) is 18.0 Å². The van der Waals surface area contributed by atoms with Crippen molar-refractivity contribution in [2.45, 2.75) is 39.2 Å². The molecule has 38 heavy (non-hydrogen) atoms. The number of aromatic nitrogens is 4. The van der Waals surface area contributed by atoms with Crippen molar-refractivity contribution in [3.8, 4) is 16.9 Å². The van der Waals surface area contributed by atoms with E-state index in [-0.39, 0.29) is 63.1 Å². The molecule has 0 saturated carbocycles. The van der Waals surface area contributed by atoms with E-state index < -0.39 is 12.6 Å². The Kier molecular flexibility index (Phi) is 9.48. The average Bonchev–Trinajstić information content (AvgIpc) is 3.04. The van der Waals surface area contributed by atoms with Gasteiger partial charge < -0.3 is 19.1 Å². The fourth-order valence-corrected chi connectivity index (χ4v) is 4.81. The SMILES string of the molecule is Cc1nc2ccc(-c3cnc(N4CCCC(C(=O)O)CC4)nc3)cn2c1Cc1ccccc1OC(F)F.[K]. The minimum Gasteiger partial charge on any atom is -0.481 e. The van der Waals surface area contributed by atoms with Crippen LogP contribution in [0.25, 0.3) is 16.8 Å². The molecule has 5 rings (SSSR count). The van der Waals surface area contributed by atoms with E-state index in [0.29, 0.717) is 37.3 Å². The predicted molar refractivity (Wildman–Crippen MR) is 140 cm³/mol. The average molecular weight is 547 g/mol. The molecule has 1 aliphatic rings. The van der Waals surface area contributed by atoms with E-state index in [1.165, 1.54) is 6.07 Å². The number of ether oxygens (including phenoxy) is 1. The smallest absolute Gasteiger partial charge is 0.387 e.